The van der Waals surface area contributed by atoms with E-state index in [-0.39, 0.29) is 0 Å². The molecule has 76 valence electrons. The number of nitrogens with one attached hydrogen (secondary N) is 1. The molecule has 0 spiro atoms. The van der Waals surface area contributed by atoms with Gasteiger partial charge in [0, 0.05) is 18.0 Å². The fourth-order valence-corrected chi connectivity index (χ4v) is 2.37. The Morgan fingerprint density at radius 3 is 2.93 bits per heavy atom. The highest BCUT2D eigenvalue weighted by atomic mass is 32.1. The Bertz CT molecular complexity index is 309. The Morgan fingerprint density at radius 2 is 2.29 bits per heavy atom. The zero-order valence-corrected chi connectivity index (χ0v) is 9.31. The van der Waals surface area contributed by atoms with Crippen molar-refractivity contribution in [1.82, 2.24) is 10.3 Å². The van der Waals surface area contributed by atoms with Crippen LogP contribution in [0, 0.1) is 0 Å². The third kappa shape index (κ3) is 2.42. The van der Waals surface area contributed by atoms with E-state index in [9.17, 15) is 0 Å². The predicted molar refractivity (Wildman–Crippen MR) is 60.5 cm³/mol. The lowest BCUT2D eigenvalue weighted by molar-refractivity contribution is 0.534. The van der Waals surface area contributed by atoms with E-state index in [0.717, 1.165) is 13.0 Å². The quantitative estimate of drug-likeness (QED) is 0.769. The molecular weight excluding hydrogens is 192 g/mol. The largest absolute Gasteiger partial charge is 0.308 e. The number of hydrogen-bond donors (Lipinski definition) is 1. The number of hydrogen-bond acceptors (Lipinski definition) is 3. The van der Waals surface area contributed by atoms with Gasteiger partial charge in [0.1, 0.15) is 0 Å². The molecule has 0 unspecified atom stereocenters. The lowest BCUT2D eigenvalue weighted by Gasteiger charge is -2.09. The first-order valence-corrected chi connectivity index (χ1v) is 6.08. The number of thiazole rings is 1. The van der Waals surface area contributed by atoms with Crippen LogP contribution in [0.15, 0.2) is 17.5 Å². The number of aromatic nitrogens is 1. The summed E-state index contributed by atoms with van der Waals surface area (Å²) < 4.78 is 0. The van der Waals surface area contributed by atoms with Crippen molar-refractivity contribution in [2.75, 3.05) is 0 Å². The van der Waals surface area contributed by atoms with Crippen LogP contribution in [0.5, 0.6) is 0 Å². The van der Waals surface area contributed by atoms with E-state index >= 15 is 0 Å². The van der Waals surface area contributed by atoms with Gasteiger partial charge in [-0.1, -0.05) is 19.1 Å². The van der Waals surface area contributed by atoms with Crippen LogP contribution in [0.2, 0.25) is 0 Å². The van der Waals surface area contributed by atoms with Gasteiger partial charge in [0.15, 0.2) is 0 Å². The molecular formula is C11H16N2S. The minimum absolute atomic E-state index is 0.641. The highest BCUT2D eigenvalue weighted by Crippen LogP contribution is 2.12. The third-order valence-corrected chi connectivity index (χ3v) is 3.52. The summed E-state index contributed by atoms with van der Waals surface area (Å²) in [6.07, 6.45) is 7.89. The summed E-state index contributed by atoms with van der Waals surface area (Å²) in [6, 6.07) is 0.641. The summed E-state index contributed by atoms with van der Waals surface area (Å²) >= 11 is 1.77. The second-order valence-corrected chi connectivity index (χ2v) is 4.55. The monoisotopic (exact) mass is 208 g/mol. The van der Waals surface area contributed by atoms with Gasteiger partial charge in [-0.2, -0.15) is 0 Å². The van der Waals surface area contributed by atoms with Gasteiger partial charge < -0.3 is 5.32 Å². The molecule has 0 saturated heterocycles. The van der Waals surface area contributed by atoms with E-state index in [1.807, 2.05) is 0 Å². The molecule has 0 fully saturated rings. The molecule has 1 heterocycles. The topological polar surface area (TPSA) is 24.9 Å². The lowest BCUT2D eigenvalue weighted by atomic mass is 10.2. The van der Waals surface area contributed by atoms with Crippen molar-refractivity contribution in [3.8, 4) is 0 Å². The summed E-state index contributed by atoms with van der Waals surface area (Å²) in [5, 5.41) is 6.92. The molecule has 0 radical (unpaired) electrons. The maximum atomic E-state index is 4.53. The normalized spacial score (nSPS) is 16.6. The minimum Gasteiger partial charge on any atom is -0.308 e. The van der Waals surface area contributed by atoms with E-state index in [1.54, 1.807) is 11.3 Å². The molecule has 3 heteroatoms. The van der Waals surface area contributed by atoms with Crippen LogP contribution >= 0.6 is 11.3 Å². The fourth-order valence-electron chi connectivity index (χ4n) is 1.63. The summed E-state index contributed by atoms with van der Waals surface area (Å²) in [6.45, 7) is 3.07. The minimum atomic E-state index is 0.641. The summed E-state index contributed by atoms with van der Waals surface area (Å²) in [5.74, 6) is 0. The zero-order valence-electron chi connectivity index (χ0n) is 8.49. The Balaban J connectivity index is 1.79. The van der Waals surface area contributed by atoms with Crippen LogP contribution < -0.4 is 5.32 Å². The van der Waals surface area contributed by atoms with E-state index in [4.69, 9.17) is 0 Å². The smallest absolute Gasteiger partial charge is 0.0926 e. The van der Waals surface area contributed by atoms with Crippen molar-refractivity contribution >= 4 is 11.3 Å². The lowest BCUT2D eigenvalue weighted by Crippen LogP contribution is -2.25. The summed E-state index contributed by atoms with van der Waals surface area (Å²) in [5.41, 5.74) is 1.19. The molecule has 2 nitrogen and oxygen atoms in total. The summed E-state index contributed by atoms with van der Waals surface area (Å²) in [4.78, 5) is 4.53. The maximum absolute atomic E-state index is 4.53. The van der Waals surface area contributed by atoms with Crippen LogP contribution in [0.25, 0.3) is 0 Å². The van der Waals surface area contributed by atoms with Crippen molar-refractivity contribution in [3.63, 3.8) is 0 Å². The van der Waals surface area contributed by atoms with Crippen LogP contribution in [-0.2, 0) is 13.0 Å². The number of nitrogens with zero attached hydrogens (tertiary/aromatic N) is 1. The zero-order chi connectivity index (χ0) is 9.80. The Labute approximate surface area is 89.1 Å². The SMILES string of the molecule is CCc1nc(CNC2CC=CC2)cs1. The van der Waals surface area contributed by atoms with Crippen LogP contribution in [0.3, 0.4) is 0 Å². The average molecular weight is 208 g/mol. The average Bonchev–Trinajstić information content (AvgIpc) is 2.86. The third-order valence-electron chi connectivity index (χ3n) is 2.48. The van der Waals surface area contributed by atoms with E-state index in [2.05, 4.69) is 34.8 Å². The molecule has 0 amide bonds. The van der Waals surface area contributed by atoms with Gasteiger partial charge in [0.25, 0.3) is 0 Å². The first-order valence-electron chi connectivity index (χ1n) is 5.20. The fraction of sp³-hybridized carbons (Fsp3) is 0.545. The van der Waals surface area contributed by atoms with Crippen molar-refractivity contribution in [2.24, 2.45) is 0 Å². The second kappa shape index (κ2) is 4.71. The molecule has 0 saturated carbocycles. The van der Waals surface area contributed by atoms with Gasteiger partial charge >= 0.3 is 0 Å². The predicted octanol–water partition coefficient (Wildman–Crippen LogP) is 2.51. The molecule has 2 rings (SSSR count). The molecule has 14 heavy (non-hydrogen) atoms. The molecule has 0 aliphatic heterocycles. The van der Waals surface area contributed by atoms with E-state index in [1.165, 1.54) is 23.5 Å². The van der Waals surface area contributed by atoms with Crippen molar-refractivity contribution < 1.29 is 0 Å². The first-order chi connectivity index (χ1) is 6.88. The van der Waals surface area contributed by atoms with Crippen molar-refractivity contribution in [2.45, 2.75) is 38.8 Å². The van der Waals surface area contributed by atoms with Gasteiger partial charge in [-0.3, -0.25) is 0 Å². The molecule has 1 aliphatic rings. The Kier molecular flexibility index (Phi) is 3.32. The van der Waals surface area contributed by atoms with Crippen LogP contribution in [-0.4, -0.2) is 11.0 Å². The van der Waals surface area contributed by atoms with Gasteiger partial charge in [-0.25, -0.2) is 4.98 Å². The first kappa shape index (κ1) is 9.87. The molecule has 1 N–H and O–H groups in total. The maximum Gasteiger partial charge on any atom is 0.0926 e. The molecule has 1 aromatic rings. The van der Waals surface area contributed by atoms with Gasteiger partial charge in [-0.15, -0.1) is 11.3 Å². The summed E-state index contributed by atoms with van der Waals surface area (Å²) in [7, 11) is 0. The van der Waals surface area contributed by atoms with Crippen molar-refractivity contribution in [1.29, 1.82) is 0 Å². The van der Waals surface area contributed by atoms with Gasteiger partial charge in [-0.05, 0) is 19.3 Å². The van der Waals surface area contributed by atoms with E-state index < -0.39 is 0 Å². The van der Waals surface area contributed by atoms with E-state index in [0.29, 0.717) is 6.04 Å². The second-order valence-electron chi connectivity index (χ2n) is 3.61. The molecule has 1 aromatic heterocycles. The Hall–Kier alpha value is -0.670. The number of rotatable bonds is 4. The highest BCUT2D eigenvalue weighted by molar-refractivity contribution is 7.09. The van der Waals surface area contributed by atoms with Crippen LogP contribution in [0.4, 0.5) is 0 Å². The molecule has 0 aromatic carbocycles. The highest BCUT2D eigenvalue weighted by Gasteiger charge is 2.09. The standard InChI is InChI=1S/C11H16N2S/c1-2-11-13-10(8-14-11)7-12-9-5-3-4-6-9/h3-4,8-9,12H,2,5-7H2,1H3. The Morgan fingerprint density at radius 1 is 1.50 bits per heavy atom. The molecule has 0 bridgehead atoms. The molecule has 0 atom stereocenters. The van der Waals surface area contributed by atoms with Gasteiger partial charge in [0.05, 0.1) is 10.7 Å². The van der Waals surface area contributed by atoms with Crippen LogP contribution in [0.1, 0.15) is 30.5 Å². The molecule has 1 aliphatic carbocycles. The van der Waals surface area contributed by atoms with Gasteiger partial charge in [0.2, 0.25) is 0 Å². The van der Waals surface area contributed by atoms with Crippen molar-refractivity contribution in [3.05, 3.63) is 28.2 Å². The number of aryl methyl sites for hydroxylation is 1.